The second-order valence-corrected chi connectivity index (χ2v) is 12.3. The van der Waals surface area contributed by atoms with Gasteiger partial charge in [0.1, 0.15) is 0 Å². The molecule has 4 nitrogen and oxygen atoms in total. The third-order valence-electron chi connectivity index (χ3n) is 9.46. The molecule has 0 N–H and O–H groups in total. The van der Waals surface area contributed by atoms with Crippen molar-refractivity contribution in [3.63, 3.8) is 0 Å². The van der Waals surface area contributed by atoms with E-state index in [1.54, 1.807) is 0 Å². The van der Waals surface area contributed by atoms with Gasteiger partial charge in [-0.05, 0) is 79.2 Å². The number of ether oxygens (including phenoxy) is 2. The maximum atomic E-state index is 6.81. The zero-order chi connectivity index (χ0) is 28.7. The van der Waals surface area contributed by atoms with Gasteiger partial charge < -0.3 is 18.8 Å². The molecule has 0 radical (unpaired) electrons. The predicted octanol–water partition coefficient (Wildman–Crippen LogP) is 8.25. The van der Waals surface area contributed by atoms with Crippen LogP contribution in [0, 0.1) is 0 Å². The molecule has 0 spiro atoms. The van der Waals surface area contributed by atoms with E-state index in [4.69, 9.17) is 18.8 Å². The van der Waals surface area contributed by atoms with Gasteiger partial charge in [-0.15, -0.1) is 0 Å². The summed E-state index contributed by atoms with van der Waals surface area (Å²) in [6.45, 7) is 8.25. The first-order chi connectivity index (χ1) is 20.3. The van der Waals surface area contributed by atoms with Crippen molar-refractivity contribution in [2.75, 3.05) is 0 Å². The van der Waals surface area contributed by atoms with Gasteiger partial charge in [0.25, 0.3) is 0 Å². The van der Waals surface area contributed by atoms with Crippen molar-refractivity contribution in [1.82, 2.24) is 0 Å². The van der Waals surface area contributed by atoms with Gasteiger partial charge in [-0.25, -0.2) is 0 Å². The van der Waals surface area contributed by atoms with Crippen molar-refractivity contribution in [2.45, 2.75) is 44.3 Å². The molecule has 1 aliphatic carbocycles. The number of hydrogen-bond acceptors (Lipinski definition) is 4. The highest BCUT2D eigenvalue weighted by molar-refractivity contribution is 6.62. The van der Waals surface area contributed by atoms with Crippen molar-refractivity contribution in [3.8, 4) is 34.1 Å². The summed E-state index contributed by atoms with van der Waals surface area (Å²) in [6, 6.07) is 40.4. The zero-order valence-electron chi connectivity index (χ0n) is 24.2. The molecule has 5 heteroatoms. The van der Waals surface area contributed by atoms with Crippen LogP contribution in [0.3, 0.4) is 0 Å². The third-order valence-corrected chi connectivity index (χ3v) is 9.46. The Hall–Kier alpha value is -4.32. The summed E-state index contributed by atoms with van der Waals surface area (Å²) in [5.74, 6) is 2.76. The van der Waals surface area contributed by atoms with Gasteiger partial charge in [0.2, 0.25) is 0 Å². The minimum atomic E-state index is -0.502. The van der Waals surface area contributed by atoms with Crippen LogP contribution in [0.2, 0.25) is 0 Å². The maximum absolute atomic E-state index is 6.81. The summed E-state index contributed by atoms with van der Waals surface area (Å²) in [6.07, 6.45) is 0. The molecule has 0 aromatic heterocycles. The number of hydrogen-bond donors (Lipinski definition) is 0. The van der Waals surface area contributed by atoms with Crippen molar-refractivity contribution < 1.29 is 18.8 Å². The van der Waals surface area contributed by atoms with Crippen molar-refractivity contribution in [1.29, 1.82) is 0 Å². The summed E-state index contributed by atoms with van der Waals surface area (Å²) in [5.41, 5.74) is 6.56. The molecule has 206 valence electrons. The molecular formula is C37H31BO4. The monoisotopic (exact) mass is 550 g/mol. The smallest absolute Gasteiger partial charge is 0.449 e. The molecule has 0 atom stereocenters. The van der Waals surface area contributed by atoms with E-state index in [0.29, 0.717) is 17.2 Å². The van der Waals surface area contributed by atoms with Crippen LogP contribution in [0.15, 0.2) is 115 Å². The first-order valence-electron chi connectivity index (χ1n) is 14.5. The standard InChI is InChI=1S/C37H31BO4/c1-35(2)36(3,4)42-38(41-35)26-19-21-30-32(23-26)40-34-31(39-30)22-20-29-33(34)27-17-11-12-18-28(27)37(29,24-13-7-5-8-14-24)25-15-9-6-10-16-25/h5-23H,1-4H3. The quantitative estimate of drug-likeness (QED) is 0.208. The fourth-order valence-electron chi connectivity index (χ4n) is 6.71. The van der Waals surface area contributed by atoms with E-state index < -0.39 is 23.7 Å². The molecule has 0 saturated carbocycles. The van der Waals surface area contributed by atoms with E-state index in [1.165, 1.54) is 22.3 Å². The van der Waals surface area contributed by atoms with Gasteiger partial charge in [0, 0.05) is 5.56 Å². The molecule has 5 aromatic rings. The summed E-state index contributed by atoms with van der Waals surface area (Å²) in [4.78, 5) is 0. The lowest BCUT2D eigenvalue weighted by atomic mass is 9.68. The number of benzene rings is 5. The fraction of sp³-hybridized carbons (Fsp3) is 0.189. The molecule has 3 aliphatic rings. The highest BCUT2D eigenvalue weighted by Crippen LogP contribution is 2.62. The lowest BCUT2D eigenvalue weighted by Crippen LogP contribution is -2.41. The van der Waals surface area contributed by atoms with Gasteiger partial charge >= 0.3 is 7.12 Å². The fourth-order valence-corrected chi connectivity index (χ4v) is 6.71. The molecule has 8 rings (SSSR count). The Labute approximate surface area is 247 Å². The van der Waals surface area contributed by atoms with Crippen LogP contribution in [0.4, 0.5) is 0 Å². The molecule has 0 amide bonds. The third kappa shape index (κ3) is 3.44. The van der Waals surface area contributed by atoms with Gasteiger partial charge in [-0.1, -0.05) is 97.1 Å². The first-order valence-corrected chi connectivity index (χ1v) is 14.5. The Morgan fingerprint density at radius 2 is 1.12 bits per heavy atom. The number of rotatable bonds is 3. The predicted molar refractivity (Wildman–Crippen MR) is 166 cm³/mol. The molecule has 2 aliphatic heterocycles. The molecule has 0 unspecified atom stereocenters. The van der Waals surface area contributed by atoms with Crippen LogP contribution in [0.25, 0.3) is 11.1 Å². The highest BCUT2D eigenvalue weighted by Gasteiger charge is 2.52. The summed E-state index contributed by atoms with van der Waals surface area (Å²) in [5, 5.41) is 0. The zero-order valence-corrected chi connectivity index (χ0v) is 24.2. The van der Waals surface area contributed by atoms with Gasteiger partial charge in [0.15, 0.2) is 23.0 Å². The average molecular weight is 550 g/mol. The van der Waals surface area contributed by atoms with E-state index in [2.05, 4.69) is 119 Å². The second-order valence-electron chi connectivity index (χ2n) is 12.3. The average Bonchev–Trinajstić information content (AvgIpc) is 3.43. The van der Waals surface area contributed by atoms with Crippen LogP contribution in [-0.4, -0.2) is 18.3 Å². The largest absolute Gasteiger partial charge is 0.494 e. The SMILES string of the molecule is CC1(C)OB(c2ccc3c(c2)Oc2c(ccc4c2-c2ccccc2C4(c2ccccc2)c2ccccc2)O3)OC1(C)C. The lowest BCUT2D eigenvalue weighted by molar-refractivity contribution is 0.00578. The van der Waals surface area contributed by atoms with E-state index in [0.717, 1.165) is 22.3 Å². The van der Waals surface area contributed by atoms with E-state index >= 15 is 0 Å². The van der Waals surface area contributed by atoms with E-state index in [-0.39, 0.29) is 0 Å². The molecule has 1 fully saturated rings. The first kappa shape index (κ1) is 25.4. The molecule has 1 saturated heterocycles. The van der Waals surface area contributed by atoms with Crippen molar-refractivity contribution in [2.24, 2.45) is 0 Å². The summed E-state index contributed by atoms with van der Waals surface area (Å²) >= 11 is 0. The van der Waals surface area contributed by atoms with Gasteiger partial charge in [0.05, 0.1) is 16.6 Å². The Morgan fingerprint density at radius 1 is 0.524 bits per heavy atom. The van der Waals surface area contributed by atoms with Gasteiger partial charge in [-0.3, -0.25) is 0 Å². The molecule has 5 aromatic carbocycles. The van der Waals surface area contributed by atoms with Gasteiger partial charge in [-0.2, -0.15) is 0 Å². The number of fused-ring (bicyclic) bond motifs is 6. The normalized spacial score (nSPS) is 18.2. The maximum Gasteiger partial charge on any atom is 0.494 e. The van der Waals surface area contributed by atoms with Crippen LogP contribution >= 0.6 is 0 Å². The van der Waals surface area contributed by atoms with Crippen LogP contribution in [0.5, 0.6) is 23.0 Å². The van der Waals surface area contributed by atoms with Crippen LogP contribution in [0.1, 0.15) is 49.9 Å². The summed E-state index contributed by atoms with van der Waals surface area (Å²) in [7, 11) is -0.490. The molecule has 42 heavy (non-hydrogen) atoms. The lowest BCUT2D eigenvalue weighted by Gasteiger charge is -2.34. The Balaban J connectivity index is 1.31. The Bertz CT molecular complexity index is 1790. The van der Waals surface area contributed by atoms with Crippen molar-refractivity contribution >= 4 is 12.6 Å². The van der Waals surface area contributed by atoms with Crippen LogP contribution in [-0.2, 0) is 14.7 Å². The minimum Gasteiger partial charge on any atom is -0.449 e. The molecule has 2 heterocycles. The van der Waals surface area contributed by atoms with Crippen LogP contribution < -0.4 is 14.9 Å². The molecule has 0 bridgehead atoms. The van der Waals surface area contributed by atoms with E-state index in [9.17, 15) is 0 Å². The highest BCUT2D eigenvalue weighted by atomic mass is 16.7. The Kier molecular flexibility index (Phi) is 5.35. The summed E-state index contributed by atoms with van der Waals surface area (Å²) < 4.78 is 26.0. The van der Waals surface area contributed by atoms with Crippen molar-refractivity contribution in [3.05, 3.63) is 138 Å². The molecular weight excluding hydrogens is 519 g/mol. The van der Waals surface area contributed by atoms with E-state index in [1.807, 2.05) is 24.3 Å². The topological polar surface area (TPSA) is 36.9 Å². The second kappa shape index (κ2) is 8.84. The Morgan fingerprint density at radius 3 is 1.79 bits per heavy atom. The minimum absolute atomic E-state index is 0.430.